The molecule has 4 rings (SSSR count). The first-order valence-electron chi connectivity index (χ1n) is 9.68. The Morgan fingerprint density at radius 2 is 1.80 bits per heavy atom. The Balaban J connectivity index is 1.81. The monoisotopic (exact) mass is 459 g/mol. The average Bonchev–Trinajstić information content (AvgIpc) is 3.06. The highest BCUT2D eigenvalue weighted by Gasteiger charge is 2.25. The van der Waals surface area contributed by atoms with Crippen LogP contribution in [0.1, 0.15) is 29.9 Å². The minimum Gasteiger partial charge on any atom is -0.346 e. The molecule has 0 saturated carbocycles. The summed E-state index contributed by atoms with van der Waals surface area (Å²) in [5.41, 5.74) is 3.00. The summed E-state index contributed by atoms with van der Waals surface area (Å²) in [6.45, 7) is 0. The largest absolute Gasteiger partial charge is 0.346 e. The van der Waals surface area contributed by atoms with Gasteiger partial charge in [-0.1, -0.05) is 59.1 Å². The molecule has 2 aromatic carbocycles. The van der Waals surface area contributed by atoms with Crippen LogP contribution in [0.4, 0.5) is 0 Å². The van der Waals surface area contributed by atoms with Crippen molar-refractivity contribution in [3.8, 4) is 22.5 Å². The van der Waals surface area contributed by atoms with Crippen LogP contribution in [0, 0.1) is 0 Å². The summed E-state index contributed by atoms with van der Waals surface area (Å²) < 4.78 is 1.80. The molecule has 30 heavy (non-hydrogen) atoms. The number of halogens is 3. The van der Waals surface area contributed by atoms with Crippen LogP contribution in [0.3, 0.4) is 0 Å². The second-order valence-corrected chi connectivity index (χ2v) is 8.56. The van der Waals surface area contributed by atoms with Crippen molar-refractivity contribution in [2.24, 2.45) is 7.05 Å². The molecule has 0 radical (unpaired) electrons. The van der Waals surface area contributed by atoms with Gasteiger partial charge >= 0.3 is 0 Å². The normalized spacial score (nSPS) is 15.9. The van der Waals surface area contributed by atoms with Gasteiger partial charge in [0.1, 0.15) is 0 Å². The van der Waals surface area contributed by atoms with Gasteiger partial charge in [-0.25, -0.2) is 4.98 Å². The number of hydrogen-bond acceptors (Lipinski definition) is 2. The highest BCUT2D eigenvalue weighted by molar-refractivity contribution is 6.36. The quantitative estimate of drug-likeness (QED) is 0.449. The van der Waals surface area contributed by atoms with Gasteiger partial charge in [-0.05, 0) is 49.6 Å². The molecule has 0 bridgehead atoms. The number of nitrogens with zero attached hydrogens (tertiary/aromatic N) is 2. The molecule has 1 aliphatic carbocycles. The van der Waals surface area contributed by atoms with E-state index in [-0.39, 0.29) is 11.9 Å². The van der Waals surface area contributed by atoms with Gasteiger partial charge in [-0.3, -0.25) is 4.79 Å². The summed E-state index contributed by atoms with van der Waals surface area (Å²) in [5.74, 6) is 0.125. The molecule has 154 valence electrons. The van der Waals surface area contributed by atoms with Crippen molar-refractivity contribution < 1.29 is 4.79 Å². The molecule has 0 saturated heterocycles. The molecule has 3 aromatic rings. The smallest absolute Gasteiger partial charge is 0.287 e. The van der Waals surface area contributed by atoms with Crippen molar-refractivity contribution in [2.45, 2.75) is 25.3 Å². The van der Waals surface area contributed by atoms with E-state index in [1.54, 1.807) is 16.7 Å². The van der Waals surface area contributed by atoms with Crippen molar-refractivity contribution in [3.63, 3.8) is 0 Å². The van der Waals surface area contributed by atoms with Crippen LogP contribution in [0.15, 0.2) is 54.6 Å². The molecule has 0 spiro atoms. The molecule has 0 aliphatic heterocycles. The van der Waals surface area contributed by atoms with E-state index in [1.807, 2.05) is 37.4 Å². The number of allylic oxidation sites excluding steroid dienone is 1. The second kappa shape index (κ2) is 8.84. The lowest BCUT2D eigenvalue weighted by Crippen LogP contribution is -2.36. The fraction of sp³-hybridized carbons (Fsp3) is 0.217. The van der Waals surface area contributed by atoms with Gasteiger partial charge in [-0.2, -0.15) is 0 Å². The van der Waals surface area contributed by atoms with E-state index in [2.05, 4.69) is 17.5 Å². The van der Waals surface area contributed by atoms with E-state index in [1.165, 1.54) is 0 Å². The Morgan fingerprint density at radius 3 is 2.47 bits per heavy atom. The first-order chi connectivity index (χ1) is 14.4. The van der Waals surface area contributed by atoms with Gasteiger partial charge in [0.2, 0.25) is 0 Å². The van der Waals surface area contributed by atoms with Crippen LogP contribution in [-0.2, 0) is 7.05 Å². The van der Waals surface area contributed by atoms with E-state index >= 15 is 0 Å². The Labute approximate surface area is 190 Å². The summed E-state index contributed by atoms with van der Waals surface area (Å²) in [6, 6.07) is 12.8. The first-order valence-corrected chi connectivity index (χ1v) is 10.8. The lowest BCUT2D eigenvalue weighted by atomic mass is 10.0. The molecule has 1 N–H and O–H groups in total. The molecule has 1 atom stereocenters. The average molecular weight is 461 g/mol. The highest BCUT2D eigenvalue weighted by Crippen LogP contribution is 2.37. The summed E-state index contributed by atoms with van der Waals surface area (Å²) in [5, 5.41) is 4.75. The third-order valence-electron chi connectivity index (χ3n) is 5.21. The molecule has 0 fully saturated rings. The predicted molar refractivity (Wildman–Crippen MR) is 123 cm³/mol. The van der Waals surface area contributed by atoms with Gasteiger partial charge in [0, 0.05) is 34.3 Å². The van der Waals surface area contributed by atoms with Crippen LogP contribution in [0.25, 0.3) is 22.5 Å². The topological polar surface area (TPSA) is 46.9 Å². The van der Waals surface area contributed by atoms with Crippen molar-refractivity contribution in [1.82, 2.24) is 14.9 Å². The van der Waals surface area contributed by atoms with E-state index in [9.17, 15) is 4.79 Å². The third kappa shape index (κ3) is 4.27. The van der Waals surface area contributed by atoms with Crippen LogP contribution < -0.4 is 5.32 Å². The maximum Gasteiger partial charge on any atom is 0.287 e. The van der Waals surface area contributed by atoms with Crippen LogP contribution in [0.2, 0.25) is 15.1 Å². The highest BCUT2D eigenvalue weighted by atomic mass is 35.5. The summed E-state index contributed by atoms with van der Waals surface area (Å²) >= 11 is 18.6. The SMILES string of the molecule is Cn1c(C(=O)NC2CC=CCC2)nc(-c2ccc(Cl)cc2Cl)c1-c1ccc(Cl)cc1. The number of carbonyl (C=O) groups is 1. The van der Waals surface area contributed by atoms with E-state index in [0.717, 1.165) is 30.5 Å². The van der Waals surface area contributed by atoms with Crippen LogP contribution >= 0.6 is 34.8 Å². The Hall–Kier alpha value is -2.27. The minimum absolute atomic E-state index is 0.112. The van der Waals surface area contributed by atoms with Crippen molar-refractivity contribution in [3.05, 3.63) is 75.5 Å². The van der Waals surface area contributed by atoms with Gasteiger partial charge in [0.25, 0.3) is 5.91 Å². The lowest BCUT2D eigenvalue weighted by Gasteiger charge is -2.19. The minimum atomic E-state index is -0.204. The molecule has 1 unspecified atom stereocenters. The molecular weight excluding hydrogens is 441 g/mol. The molecular formula is C23H20Cl3N3O. The zero-order chi connectivity index (χ0) is 21.3. The standard InChI is InChI=1S/C23H20Cl3N3O/c1-29-21(14-7-9-15(24)10-8-14)20(18-12-11-16(25)13-19(18)26)28-22(29)23(30)27-17-5-3-2-4-6-17/h2-3,7-13,17H,4-6H2,1H3,(H,27,30). The predicted octanol–water partition coefficient (Wildman–Crippen LogP) is 6.55. The Bertz CT molecular complexity index is 1120. The number of imidazole rings is 1. The first kappa shape index (κ1) is 21.0. The van der Waals surface area contributed by atoms with Crippen molar-refractivity contribution >= 4 is 40.7 Å². The maximum atomic E-state index is 13.1. The number of amides is 1. The lowest BCUT2D eigenvalue weighted by molar-refractivity contribution is 0.0921. The number of carbonyl (C=O) groups excluding carboxylic acids is 1. The molecule has 1 aliphatic rings. The van der Waals surface area contributed by atoms with E-state index in [0.29, 0.717) is 32.1 Å². The Kier molecular flexibility index (Phi) is 6.19. The number of aromatic nitrogens is 2. The second-order valence-electron chi connectivity index (χ2n) is 7.28. The van der Waals surface area contributed by atoms with E-state index in [4.69, 9.17) is 39.8 Å². The van der Waals surface area contributed by atoms with Crippen molar-refractivity contribution in [1.29, 1.82) is 0 Å². The number of nitrogens with one attached hydrogen (secondary N) is 1. The number of rotatable bonds is 4. The summed E-state index contributed by atoms with van der Waals surface area (Å²) in [7, 11) is 1.83. The zero-order valence-electron chi connectivity index (χ0n) is 16.3. The van der Waals surface area contributed by atoms with Gasteiger partial charge in [0.05, 0.1) is 16.4 Å². The maximum absolute atomic E-state index is 13.1. The number of benzene rings is 2. The molecule has 4 nitrogen and oxygen atoms in total. The van der Waals surface area contributed by atoms with Crippen LogP contribution in [-0.4, -0.2) is 21.5 Å². The van der Waals surface area contributed by atoms with Gasteiger partial charge in [-0.15, -0.1) is 0 Å². The molecule has 1 heterocycles. The Morgan fingerprint density at radius 1 is 1.07 bits per heavy atom. The summed E-state index contributed by atoms with van der Waals surface area (Å²) in [4.78, 5) is 17.8. The van der Waals surface area contributed by atoms with Gasteiger partial charge in [0.15, 0.2) is 5.82 Å². The summed E-state index contributed by atoms with van der Waals surface area (Å²) in [6.07, 6.45) is 6.96. The van der Waals surface area contributed by atoms with Gasteiger partial charge < -0.3 is 9.88 Å². The molecule has 1 aromatic heterocycles. The molecule has 1 amide bonds. The molecule has 7 heteroatoms. The fourth-order valence-electron chi connectivity index (χ4n) is 3.68. The third-order valence-corrected chi connectivity index (χ3v) is 6.01. The van der Waals surface area contributed by atoms with E-state index < -0.39 is 0 Å². The van der Waals surface area contributed by atoms with Crippen LogP contribution in [0.5, 0.6) is 0 Å². The van der Waals surface area contributed by atoms with Crippen molar-refractivity contribution in [2.75, 3.05) is 0 Å². The fourth-order valence-corrected chi connectivity index (χ4v) is 4.31. The number of hydrogen-bond donors (Lipinski definition) is 1. The zero-order valence-corrected chi connectivity index (χ0v) is 18.6.